The number of carbonyl (C=O) groups is 2. The minimum absolute atomic E-state index is 0. The van der Waals surface area contributed by atoms with Crippen molar-refractivity contribution in [1.29, 1.82) is 0 Å². The Morgan fingerprint density at radius 3 is 2.79 bits per heavy atom. The molecule has 7 nitrogen and oxygen atoms in total. The lowest BCUT2D eigenvalue weighted by Crippen LogP contribution is -2.40. The summed E-state index contributed by atoms with van der Waals surface area (Å²) in [4.78, 5) is 31.3. The van der Waals surface area contributed by atoms with Crippen LogP contribution in [0, 0.1) is 0 Å². The van der Waals surface area contributed by atoms with Crippen LogP contribution in [0.1, 0.15) is 51.9 Å². The van der Waals surface area contributed by atoms with Crippen LogP contribution in [-0.4, -0.2) is 46.5 Å². The molecule has 150 valence electrons. The molecule has 1 saturated carbocycles. The average molecular weight is 405 g/mol. The van der Waals surface area contributed by atoms with Gasteiger partial charge in [-0.15, -0.1) is 12.4 Å². The number of nitrogens with one attached hydrogen (secondary N) is 1. The summed E-state index contributed by atoms with van der Waals surface area (Å²) in [5.74, 6) is -0.453. The van der Waals surface area contributed by atoms with E-state index in [1.54, 1.807) is 17.3 Å². The van der Waals surface area contributed by atoms with Crippen molar-refractivity contribution >= 4 is 24.3 Å². The molecule has 0 spiro atoms. The molecule has 1 unspecified atom stereocenters. The van der Waals surface area contributed by atoms with Crippen LogP contribution in [0.15, 0.2) is 30.6 Å². The fourth-order valence-corrected chi connectivity index (χ4v) is 3.90. The van der Waals surface area contributed by atoms with Crippen molar-refractivity contribution in [3.05, 3.63) is 53.1 Å². The van der Waals surface area contributed by atoms with Crippen LogP contribution in [-0.2, 0) is 23.4 Å². The first-order valence-corrected chi connectivity index (χ1v) is 9.20. The summed E-state index contributed by atoms with van der Waals surface area (Å²) in [6, 6.07) is 7.72. The predicted molar refractivity (Wildman–Crippen MR) is 107 cm³/mol. The quantitative estimate of drug-likeness (QED) is 0.791. The third kappa shape index (κ3) is 3.29. The van der Waals surface area contributed by atoms with Crippen molar-refractivity contribution in [1.82, 2.24) is 19.8 Å². The Morgan fingerprint density at radius 2 is 2.11 bits per heavy atom. The van der Waals surface area contributed by atoms with E-state index in [4.69, 9.17) is 4.74 Å². The third-order valence-electron chi connectivity index (χ3n) is 5.73. The van der Waals surface area contributed by atoms with Crippen molar-refractivity contribution in [2.24, 2.45) is 0 Å². The molecule has 1 aliphatic carbocycles. The number of fused-ring (bicyclic) bond motifs is 1. The highest BCUT2D eigenvalue weighted by molar-refractivity contribution is 5.94. The smallest absolute Gasteiger partial charge is 0.337 e. The zero-order valence-corrected chi connectivity index (χ0v) is 17.1. The molecule has 1 fully saturated rings. The Morgan fingerprint density at radius 1 is 1.36 bits per heavy atom. The first-order chi connectivity index (χ1) is 13.0. The van der Waals surface area contributed by atoms with Gasteiger partial charge in [0.2, 0.25) is 0 Å². The average Bonchev–Trinajstić information content (AvgIpc) is 3.40. The topological polar surface area (TPSA) is 76.5 Å². The Kier molecular flexibility index (Phi) is 5.50. The molecule has 0 radical (unpaired) electrons. The highest BCUT2D eigenvalue weighted by Gasteiger charge is 2.50. The SMILES string of the molecule is COC(=O)c1cccc(C2(N(C)C(=O)c3ncn4c3CNC(C)C4)CC2)c1.Cl. The van der Waals surface area contributed by atoms with Crippen LogP contribution in [0.2, 0.25) is 0 Å². The van der Waals surface area contributed by atoms with E-state index in [1.807, 2.05) is 25.2 Å². The van der Waals surface area contributed by atoms with E-state index in [0.717, 1.165) is 30.6 Å². The number of rotatable bonds is 4. The fraction of sp³-hybridized carbons (Fsp3) is 0.450. The minimum atomic E-state index is -0.382. The first-order valence-electron chi connectivity index (χ1n) is 9.20. The number of esters is 1. The monoisotopic (exact) mass is 404 g/mol. The van der Waals surface area contributed by atoms with E-state index < -0.39 is 0 Å². The van der Waals surface area contributed by atoms with Gasteiger partial charge in [-0.1, -0.05) is 12.1 Å². The summed E-state index contributed by atoms with van der Waals surface area (Å²) in [7, 11) is 3.19. The Labute approximate surface area is 170 Å². The second-order valence-corrected chi connectivity index (χ2v) is 7.44. The van der Waals surface area contributed by atoms with Crippen molar-refractivity contribution in [3.8, 4) is 0 Å². The van der Waals surface area contributed by atoms with Crippen molar-refractivity contribution < 1.29 is 14.3 Å². The molecular formula is C20H25ClN4O3. The minimum Gasteiger partial charge on any atom is -0.465 e. The van der Waals surface area contributed by atoms with Gasteiger partial charge in [-0.2, -0.15) is 0 Å². The molecule has 0 saturated heterocycles. The molecule has 2 aliphatic rings. The number of hydrogen-bond acceptors (Lipinski definition) is 5. The molecule has 1 N–H and O–H groups in total. The molecule has 2 heterocycles. The summed E-state index contributed by atoms with van der Waals surface area (Å²) < 4.78 is 6.88. The van der Waals surface area contributed by atoms with E-state index >= 15 is 0 Å². The summed E-state index contributed by atoms with van der Waals surface area (Å²) in [5, 5.41) is 3.39. The van der Waals surface area contributed by atoms with Crippen LogP contribution in [0.3, 0.4) is 0 Å². The van der Waals surface area contributed by atoms with Gasteiger partial charge in [-0.25, -0.2) is 9.78 Å². The van der Waals surface area contributed by atoms with Gasteiger partial charge in [-0.05, 0) is 37.5 Å². The van der Waals surface area contributed by atoms with Gasteiger partial charge in [0, 0.05) is 26.2 Å². The molecule has 0 bridgehead atoms. The zero-order valence-electron chi connectivity index (χ0n) is 16.3. The number of hydrogen-bond donors (Lipinski definition) is 1. The lowest BCUT2D eigenvalue weighted by atomic mass is 10.00. The van der Waals surface area contributed by atoms with Crippen molar-refractivity contribution in [2.45, 2.75) is 44.4 Å². The zero-order chi connectivity index (χ0) is 19.2. The number of methoxy groups -OCH3 is 1. The number of carbonyl (C=O) groups excluding carboxylic acids is 2. The normalized spacial score (nSPS) is 19.2. The van der Waals surface area contributed by atoms with Crippen LogP contribution < -0.4 is 5.32 Å². The van der Waals surface area contributed by atoms with Gasteiger partial charge in [0.15, 0.2) is 5.69 Å². The van der Waals surface area contributed by atoms with Crippen LogP contribution in [0.5, 0.6) is 0 Å². The highest BCUT2D eigenvalue weighted by atomic mass is 35.5. The molecule has 1 amide bonds. The lowest BCUT2D eigenvalue weighted by Gasteiger charge is -2.29. The molecule has 1 atom stereocenters. The van der Waals surface area contributed by atoms with Crippen LogP contribution in [0.4, 0.5) is 0 Å². The Hall–Kier alpha value is -2.38. The number of imidazole rings is 1. The van der Waals surface area contributed by atoms with Gasteiger partial charge < -0.3 is 19.5 Å². The predicted octanol–water partition coefficient (Wildman–Crippen LogP) is 2.34. The van der Waals surface area contributed by atoms with Crippen molar-refractivity contribution in [2.75, 3.05) is 14.2 Å². The number of nitrogens with zero attached hydrogens (tertiary/aromatic N) is 3. The van der Waals surface area contributed by atoms with Gasteiger partial charge in [0.1, 0.15) is 0 Å². The third-order valence-corrected chi connectivity index (χ3v) is 5.73. The summed E-state index contributed by atoms with van der Waals surface area (Å²) >= 11 is 0. The fourth-order valence-electron chi connectivity index (χ4n) is 3.90. The molecule has 28 heavy (non-hydrogen) atoms. The number of halogens is 1. The van der Waals surface area contributed by atoms with E-state index in [2.05, 4.69) is 21.8 Å². The van der Waals surface area contributed by atoms with Gasteiger partial charge >= 0.3 is 5.97 Å². The molecule has 1 aliphatic heterocycles. The number of ether oxygens (including phenoxy) is 1. The summed E-state index contributed by atoms with van der Waals surface area (Å²) in [5.41, 5.74) is 2.52. The second kappa shape index (κ2) is 7.56. The molecule has 1 aromatic heterocycles. The maximum absolute atomic E-state index is 13.2. The Balaban J connectivity index is 0.00000225. The van der Waals surface area contributed by atoms with Crippen LogP contribution in [0.25, 0.3) is 0 Å². The van der Waals surface area contributed by atoms with Gasteiger partial charge in [-0.3, -0.25) is 4.79 Å². The molecule has 2 aromatic rings. The molecular weight excluding hydrogens is 380 g/mol. The highest BCUT2D eigenvalue weighted by Crippen LogP contribution is 2.51. The van der Waals surface area contributed by atoms with E-state index in [-0.39, 0.29) is 29.8 Å². The standard InChI is InChI=1S/C20H24N4O3.ClH/c1-13-11-24-12-22-17(16(24)10-21-13)18(25)23(2)20(7-8-20)15-6-4-5-14(9-15)19(26)27-3;/h4-6,9,12-13,21H,7-8,10-11H2,1-3H3;1H. The second-order valence-electron chi connectivity index (χ2n) is 7.44. The van der Waals surface area contributed by atoms with Gasteiger partial charge in [0.25, 0.3) is 5.91 Å². The number of amides is 1. The lowest BCUT2D eigenvalue weighted by molar-refractivity contribution is 0.0600. The van der Waals surface area contributed by atoms with Gasteiger partial charge in [0.05, 0.1) is 30.2 Å². The molecule has 1 aromatic carbocycles. The maximum Gasteiger partial charge on any atom is 0.337 e. The van der Waals surface area contributed by atoms with Crippen molar-refractivity contribution in [3.63, 3.8) is 0 Å². The Bertz CT molecular complexity index is 907. The van der Waals surface area contributed by atoms with E-state index in [0.29, 0.717) is 23.8 Å². The summed E-state index contributed by atoms with van der Waals surface area (Å²) in [6.07, 6.45) is 3.49. The number of benzene rings is 1. The summed E-state index contributed by atoms with van der Waals surface area (Å²) in [6.45, 7) is 3.57. The largest absolute Gasteiger partial charge is 0.465 e. The maximum atomic E-state index is 13.2. The van der Waals surface area contributed by atoms with E-state index in [9.17, 15) is 9.59 Å². The van der Waals surface area contributed by atoms with E-state index in [1.165, 1.54) is 7.11 Å². The van der Waals surface area contributed by atoms with Crippen LogP contribution >= 0.6 is 12.4 Å². The first kappa shape index (κ1) is 20.4. The number of aromatic nitrogens is 2. The molecule has 8 heteroatoms. The molecule has 4 rings (SSSR count).